The van der Waals surface area contributed by atoms with E-state index in [1.165, 1.54) is 12.8 Å². The minimum absolute atomic E-state index is 0.334. The highest BCUT2D eigenvalue weighted by Gasteiger charge is 2.28. The highest BCUT2D eigenvalue weighted by atomic mass is 15.1. The first-order chi connectivity index (χ1) is 6.66. The predicted molar refractivity (Wildman–Crippen MR) is 57.0 cm³/mol. The fourth-order valence-corrected chi connectivity index (χ4v) is 1.53. The third kappa shape index (κ3) is 1.95. The molecule has 1 aliphatic rings. The van der Waals surface area contributed by atoms with E-state index in [1.54, 1.807) is 6.20 Å². The van der Waals surface area contributed by atoms with E-state index in [9.17, 15) is 0 Å². The molecule has 0 bridgehead atoms. The van der Waals surface area contributed by atoms with E-state index in [2.05, 4.69) is 22.2 Å². The number of aromatic nitrogens is 2. The number of rotatable bonds is 3. The molecule has 76 valence electrons. The molecule has 1 unspecified atom stereocenters. The molecule has 1 heterocycles. The fraction of sp³-hybridized carbons (Fsp3) is 0.600. The zero-order valence-electron chi connectivity index (χ0n) is 8.62. The molecule has 0 radical (unpaired) electrons. The summed E-state index contributed by atoms with van der Waals surface area (Å²) in [5.41, 5.74) is 6.58. The van der Waals surface area contributed by atoms with Gasteiger partial charge in [-0.05, 0) is 32.6 Å². The molecule has 1 saturated carbocycles. The number of hydrogen-bond acceptors (Lipinski definition) is 4. The number of aryl methyl sites for hydroxylation is 1. The lowest BCUT2D eigenvalue weighted by Crippen LogP contribution is -2.19. The SMILES string of the molecule is Cc1cnc(N)nc1NC(C)C1CC1. The monoisotopic (exact) mass is 192 g/mol. The third-order valence-electron chi connectivity index (χ3n) is 2.68. The summed E-state index contributed by atoms with van der Waals surface area (Å²) in [7, 11) is 0. The van der Waals surface area contributed by atoms with Crippen LogP contribution in [0.25, 0.3) is 0 Å². The van der Waals surface area contributed by atoms with Gasteiger partial charge in [0.05, 0.1) is 0 Å². The van der Waals surface area contributed by atoms with Crippen molar-refractivity contribution in [2.45, 2.75) is 32.7 Å². The maximum Gasteiger partial charge on any atom is 0.221 e. The molecule has 4 nitrogen and oxygen atoms in total. The van der Waals surface area contributed by atoms with Gasteiger partial charge in [0.2, 0.25) is 5.95 Å². The zero-order valence-corrected chi connectivity index (χ0v) is 8.62. The van der Waals surface area contributed by atoms with E-state index in [4.69, 9.17) is 5.73 Å². The Morgan fingerprint density at radius 3 is 2.93 bits per heavy atom. The maximum absolute atomic E-state index is 5.53. The second kappa shape index (κ2) is 3.44. The fourth-order valence-electron chi connectivity index (χ4n) is 1.53. The number of hydrogen-bond donors (Lipinski definition) is 2. The van der Waals surface area contributed by atoms with Crippen LogP contribution in [0.1, 0.15) is 25.3 Å². The molecular formula is C10H16N4. The van der Waals surface area contributed by atoms with Crippen molar-refractivity contribution in [1.82, 2.24) is 9.97 Å². The quantitative estimate of drug-likeness (QED) is 0.763. The molecule has 1 aromatic heterocycles. The van der Waals surface area contributed by atoms with Crippen LogP contribution in [-0.4, -0.2) is 16.0 Å². The van der Waals surface area contributed by atoms with Gasteiger partial charge in [-0.3, -0.25) is 0 Å². The van der Waals surface area contributed by atoms with Crippen molar-refractivity contribution in [3.63, 3.8) is 0 Å². The molecule has 14 heavy (non-hydrogen) atoms. The van der Waals surface area contributed by atoms with Crippen LogP contribution in [0, 0.1) is 12.8 Å². The second-order valence-corrected chi connectivity index (χ2v) is 4.03. The van der Waals surface area contributed by atoms with Crippen LogP contribution in [0.5, 0.6) is 0 Å². The van der Waals surface area contributed by atoms with Crippen LogP contribution in [0.2, 0.25) is 0 Å². The molecule has 1 atom stereocenters. The Morgan fingerprint density at radius 1 is 1.57 bits per heavy atom. The molecule has 1 aromatic rings. The molecule has 0 saturated heterocycles. The summed E-state index contributed by atoms with van der Waals surface area (Å²) in [5, 5.41) is 3.38. The van der Waals surface area contributed by atoms with E-state index in [-0.39, 0.29) is 0 Å². The van der Waals surface area contributed by atoms with Crippen molar-refractivity contribution in [3.05, 3.63) is 11.8 Å². The van der Waals surface area contributed by atoms with Crippen LogP contribution >= 0.6 is 0 Å². The topological polar surface area (TPSA) is 63.8 Å². The molecule has 2 rings (SSSR count). The van der Waals surface area contributed by atoms with E-state index in [1.807, 2.05) is 6.92 Å². The summed E-state index contributed by atoms with van der Waals surface area (Å²) < 4.78 is 0. The highest BCUT2D eigenvalue weighted by molar-refractivity contribution is 5.45. The number of nitrogens with two attached hydrogens (primary N) is 1. The van der Waals surface area contributed by atoms with Crippen LogP contribution in [-0.2, 0) is 0 Å². The predicted octanol–water partition coefficient (Wildman–Crippen LogP) is 1.58. The van der Waals surface area contributed by atoms with Gasteiger partial charge in [0.25, 0.3) is 0 Å². The van der Waals surface area contributed by atoms with Gasteiger partial charge in [0, 0.05) is 17.8 Å². The van der Waals surface area contributed by atoms with Crippen LogP contribution in [0.3, 0.4) is 0 Å². The van der Waals surface area contributed by atoms with Crippen molar-refractivity contribution in [2.24, 2.45) is 5.92 Å². The Kier molecular flexibility index (Phi) is 2.27. The van der Waals surface area contributed by atoms with E-state index >= 15 is 0 Å². The first kappa shape index (κ1) is 9.24. The van der Waals surface area contributed by atoms with Crippen molar-refractivity contribution in [3.8, 4) is 0 Å². The second-order valence-electron chi connectivity index (χ2n) is 4.03. The smallest absolute Gasteiger partial charge is 0.221 e. The summed E-state index contributed by atoms with van der Waals surface area (Å²) in [6, 6.07) is 0.489. The molecule has 0 aromatic carbocycles. The maximum atomic E-state index is 5.53. The molecule has 0 aliphatic heterocycles. The number of nitrogen functional groups attached to an aromatic ring is 1. The molecule has 1 aliphatic carbocycles. The number of anilines is 2. The number of nitrogens with zero attached hydrogens (tertiary/aromatic N) is 2. The van der Waals surface area contributed by atoms with Gasteiger partial charge >= 0.3 is 0 Å². The third-order valence-corrected chi connectivity index (χ3v) is 2.68. The van der Waals surface area contributed by atoms with Gasteiger partial charge in [0.1, 0.15) is 5.82 Å². The summed E-state index contributed by atoms with van der Waals surface area (Å²) >= 11 is 0. The van der Waals surface area contributed by atoms with Gasteiger partial charge in [-0.15, -0.1) is 0 Å². The van der Waals surface area contributed by atoms with Crippen LogP contribution in [0.15, 0.2) is 6.20 Å². The van der Waals surface area contributed by atoms with Crippen LogP contribution in [0.4, 0.5) is 11.8 Å². The Labute approximate surface area is 83.9 Å². The van der Waals surface area contributed by atoms with Gasteiger partial charge in [-0.1, -0.05) is 0 Å². The van der Waals surface area contributed by atoms with Crippen molar-refractivity contribution < 1.29 is 0 Å². The molecule has 0 amide bonds. The highest BCUT2D eigenvalue weighted by Crippen LogP contribution is 2.34. The Hall–Kier alpha value is -1.32. The van der Waals surface area contributed by atoms with Crippen LogP contribution < -0.4 is 11.1 Å². The molecule has 1 fully saturated rings. The van der Waals surface area contributed by atoms with Gasteiger partial charge in [0.15, 0.2) is 0 Å². The largest absolute Gasteiger partial charge is 0.368 e. The summed E-state index contributed by atoms with van der Waals surface area (Å²) in [6.45, 7) is 4.18. The minimum Gasteiger partial charge on any atom is -0.368 e. The van der Waals surface area contributed by atoms with Gasteiger partial charge in [-0.2, -0.15) is 4.98 Å². The van der Waals surface area contributed by atoms with E-state index in [0.717, 1.165) is 17.3 Å². The average molecular weight is 192 g/mol. The van der Waals surface area contributed by atoms with Gasteiger partial charge < -0.3 is 11.1 Å². The number of nitrogens with one attached hydrogen (secondary N) is 1. The Balaban J connectivity index is 2.10. The lowest BCUT2D eigenvalue weighted by atomic mass is 10.2. The Morgan fingerprint density at radius 2 is 2.29 bits per heavy atom. The lowest BCUT2D eigenvalue weighted by molar-refractivity contribution is 0.689. The normalized spacial score (nSPS) is 17.9. The molecule has 0 spiro atoms. The summed E-state index contributed by atoms with van der Waals surface area (Å²) in [6.07, 6.45) is 4.41. The van der Waals surface area contributed by atoms with Crippen molar-refractivity contribution >= 4 is 11.8 Å². The summed E-state index contributed by atoms with van der Waals surface area (Å²) in [4.78, 5) is 8.11. The van der Waals surface area contributed by atoms with Crippen molar-refractivity contribution in [1.29, 1.82) is 0 Å². The average Bonchev–Trinajstić information content (AvgIpc) is 2.94. The van der Waals surface area contributed by atoms with Gasteiger partial charge in [-0.25, -0.2) is 4.98 Å². The van der Waals surface area contributed by atoms with Crippen molar-refractivity contribution in [2.75, 3.05) is 11.1 Å². The standard InChI is InChI=1S/C10H16N4/c1-6-5-12-10(11)14-9(6)13-7(2)8-3-4-8/h5,7-8H,3-4H2,1-2H3,(H3,11,12,13,14). The van der Waals surface area contributed by atoms with E-state index < -0.39 is 0 Å². The summed E-state index contributed by atoms with van der Waals surface area (Å²) in [5.74, 6) is 2.02. The van der Waals surface area contributed by atoms with E-state index in [0.29, 0.717) is 12.0 Å². The minimum atomic E-state index is 0.334. The lowest BCUT2D eigenvalue weighted by Gasteiger charge is -2.14. The molecular weight excluding hydrogens is 176 g/mol. The first-order valence-corrected chi connectivity index (χ1v) is 5.02. The Bertz CT molecular complexity index is 333. The first-order valence-electron chi connectivity index (χ1n) is 5.02. The molecule has 4 heteroatoms. The zero-order chi connectivity index (χ0) is 10.1. The molecule has 3 N–H and O–H groups in total.